The summed E-state index contributed by atoms with van der Waals surface area (Å²) in [6, 6.07) is 30.3. The third-order valence-corrected chi connectivity index (χ3v) is 13.7. The summed E-state index contributed by atoms with van der Waals surface area (Å²) in [4.78, 5) is 77.0. The molecule has 15 nitrogen and oxygen atoms in total. The molecule has 68 heavy (non-hydrogen) atoms. The molecule has 0 aliphatic carbocycles. The maximum absolute atomic E-state index is 14.6. The molecule has 3 saturated heterocycles. The monoisotopic (exact) mass is 942 g/mol. The van der Waals surface area contributed by atoms with Gasteiger partial charge in [-0.3, -0.25) is 19.1 Å². The molecule has 2 aromatic heterocycles. The molecular weight excluding hydrogens is 884 g/mol. The van der Waals surface area contributed by atoms with E-state index >= 15 is 0 Å². The average molecular weight is 944 g/mol. The fraction of sp³-hybridized carbons (Fsp3) is 0.385. The molecule has 16 heteroatoms. The number of aryl methyl sites for hydroxylation is 1. The number of benzene rings is 4. The molecule has 0 saturated carbocycles. The van der Waals surface area contributed by atoms with Gasteiger partial charge in [0, 0.05) is 68.9 Å². The van der Waals surface area contributed by atoms with Crippen molar-refractivity contribution in [2.45, 2.75) is 70.5 Å². The molecule has 9 rings (SSSR count). The van der Waals surface area contributed by atoms with E-state index in [-0.39, 0.29) is 55.7 Å². The first-order chi connectivity index (χ1) is 32.6. The number of urea groups is 1. The fourth-order valence-electron chi connectivity index (χ4n) is 9.91. The van der Waals surface area contributed by atoms with Crippen molar-refractivity contribution in [3.05, 3.63) is 147 Å². The van der Waals surface area contributed by atoms with Gasteiger partial charge in [0.1, 0.15) is 6.04 Å². The zero-order chi connectivity index (χ0) is 46.4. The Morgan fingerprint density at radius 3 is 1.99 bits per heavy atom. The van der Waals surface area contributed by atoms with Crippen LogP contribution in [0.5, 0.6) is 0 Å². The number of aromatic nitrogens is 3. The van der Waals surface area contributed by atoms with E-state index in [1.807, 2.05) is 72.6 Å². The zero-order valence-corrected chi connectivity index (χ0v) is 39.4. The van der Waals surface area contributed by atoms with E-state index in [2.05, 4.69) is 27.3 Å². The summed E-state index contributed by atoms with van der Waals surface area (Å²) in [5.74, 6) is -1.20. The first-order valence-corrected chi connectivity index (χ1v) is 23.4. The molecule has 1 atom stereocenters. The Morgan fingerprint density at radius 2 is 1.32 bits per heavy atom. The highest BCUT2D eigenvalue weighted by Crippen LogP contribution is 2.29. The number of nitrogens with one attached hydrogen (secondary N) is 1. The number of hydrogen-bond acceptors (Lipinski definition) is 10. The summed E-state index contributed by atoms with van der Waals surface area (Å²) in [6.07, 6.45) is 5.43. The van der Waals surface area contributed by atoms with Crippen molar-refractivity contribution in [1.82, 2.24) is 39.3 Å². The van der Waals surface area contributed by atoms with Crippen LogP contribution >= 0.6 is 12.4 Å². The lowest BCUT2D eigenvalue weighted by Gasteiger charge is -2.43. The minimum absolute atomic E-state index is 0. The fourth-order valence-corrected chi connectivity index (χ4v) is 9.91. The number of pyridine rings is 1. The van der Waals surface area contributed by atoms with E-state index in [0.29, 0.717) is 67.3 Å². The second-order valence-electron chi connectivity index (χ2n) is 18.1. The summed E-state index contributed by atoms with van der Waals surface area (Å²) in [7, 11) is 2.16. The molecule has 4 aromatic carbocycles. The minimum atomic E-state index is -0.829. The van der Waals surface area contributed by atoms with Crippen LogP contribution < -0.4 is 10.9 Å². The molecule has 1 N–H and O–H groups in total. The molecule has 0 unspecified atom stereocenters. The molecule has 356 valence electrons. The number of carbonyl (C=O) groups excluding carboxylic acids is 4. The largest absolute Gasteiger partial charge is 0.440 e. The third kappa shape index (κ3) is 10.9. The van der Waals surface area contributed by atoms with Crippen LogP contribution in [0.2, 0.25) is 0 Å². The maximum atomic E-state index is 14.6. The minimum Gasteiger partial charge on any atom is -0.440 e. The van der Waals surface area contributed by atoms with Crippen molar-refractivity contribution < 1.29 is 28.7 Å². The number of ether oxygens (including phenoxy) is 2. The topological polar surface area (TPSA) is 152 Å². The van der Waals surface area contributed by atoms with Crippen LogP contribution in [0.1, 0.15) is 69.0 Å². The van der Waals surface area contributed by atoms with Gasteiger partial charge in [-0.05, 0) is 118 Å². The van der Waals surface area contributed by atoms with Crippen LogP contribution in [0.4, 0.5) is 4.79 Å². The highest BCUT2D eigenvalue weighted by Gasteiger charge is 2.34. The van der Waals surface area contributed by atoms with E-state index < -0.39 is 18.0 Å². The number of nitrogens with zero attached hydrogens (tertiary/aromatic N) is 7. The van der Waals surface area contributed by atoms with Gasteiger partial charge in [-0.25, -0.2) is 19.1 Å². The molecular formula is C52H59ClN8O7. The Kier molecular flexibility index (Phi) is 15.2. The number of piperazine rings is 1. The molecule has 3 aliphatic rings. The smallest absolute Gasteiger partial charge is 0.339 e. The predicted molar refractivity (Wildman–Crippen MR) is 262 cm³/mol. The van der Waals surface area contributed by atoms with Crippen molar-refractivity contribution >= 4 is 58.1 Å². The molecule has 3 amide bonds. The van der Waals surface area contributed by atoms with E-state index in [1.165, 1.54) is 4.57 Å². The number of amides is 3. The van der Waals surface area contributed by atoms with Crippen LogP contribution in [0.3, 0.4) is 0 Å². The van der Waals surface area contributed by atoms with Crippen molar-refractivity contribution in [2.24, 2.45) is 0 Å². The van der Waals surface area contributed by atoms with Gasteiger partial charge in [0.15, 0.2) is 13.5 Å². The Balaban J connectivity index is 0.00000625. The molecule has 0 bridgehead atoms. The van der Waals surface area contributed by atoms with Gasteiger partial charge in [0.05, 0.1) is 22.2 Å². The van der Waals surface area contributed by atoms with E-state index in [1.54, 1.807) is 58.1 Å². The maximum Gasteiger partial charge on any atom is 0.339 e. The lowest BCUT2D eigenvalue weighted by molar-refractivity contribution is -0.135. The number of esters is 2. The summed E-state index contributed by atoms with van der Waals surface area (Å²) in [5, 5.41) is 9.53. The van der Waals surface area contributed by atoms with Gasteiger partial charge in [-0.15, -0.1) is 12.4 Å². The first kappa shape index (κ1) is 47.9. The van der Waals surface area contributed by atoms with Gasteiger partial charge in [-0.1, -0.05) is 60.7 Å². The van der Waals surface area contributed by atoms with Gasteiger partial charge in [0.25, 0.3) is 5.56 Å². The zero-order valence-electron chi connectivity index (χ0n) is 38.6. The Bertz CT molecular complexity index is 2800. The van der Waals surface area contributed by atoms with Crippen LogP contribution in [-0.2, 0) is 34.2 Å². The van der Waals surface area contributed by atoms with Gasteiger partial charge >= 0.3 is 18.0 Å². The highest BCUT2D eigenvalue weighted by molar-refractivity contribution is 5.90. The number of para-hydroxylation sites is 1. The molecule has 3 fully saturated rings. The number of likely N-dealkylation sites (tertiary alicyclic amines) is 2. The quantitative estimate of drug-likeness (QED) is 0.136. The SMILES string of the molecule is Cc1cc(C[C@@H](NC(=O)N2CCC(c3cc4ccccc4n(COC(=O)c4ccccc4)c3=O)CC2)C(=O)N2CCN(C3CCN(C)CC3)CC2)cc2cn(COC(=O)c3ccccc3)nc12.Cl. The van der Waals surface area contributed by atoms with E-state index in [4.69, 9.17) is 9.47 Å². The van der Waals surface area contributed by atoms with E-state index in [9.17, 15) is 24.0 Å². The summed E-state index contributed by atoms with van der Waals surface area (Å²) < 4.78 is 14.3. The van der Waals surface area contributed by atoms with Crippen molar-refractivity contribution in [2.75, 3.05) is 59.4 Å². The van der Waals surface area contributed by atoms with E-state index in [0.717, 1.165) is 66.4 Å². The van der Waals surface area contributed by atoms with Crippen LogP contribution in [0, 0.1) is 6.92 Å². The third-order valence-electron chi connectivity index (χ3n) is 13.7. The van der Waals surface area contributed by atoms with Gasteiger partial charge in [-0.2, -0.15) is 5.10 Å². The lowest BCUT2D eigenvalue weighted by atomic mass is 9.89. The number of fused-ring (bicyclic) bond motifs is 2. The standard InChI is InChI=1S/C52H58N8O7.ClH/c1-36-29-37(30-42-33-59(54-47(36)42)34-66-50(63)39-11-5-3-6-12-39)31-45(49(62)57-27-25-56(26-28-57)43-19-21-55(2)22-20-43)53-52(65)58-23-17-38(18-24-58)44-32-41-15-9-10-16-46(41)60(48(44)61)35-67-51(64)40-13-7-4-8-14-40;/h3-16,29-30,32-33,38,43,45H,17-28,31,34-35H2,1-2H3,(H,53,65);1H/t45-;/m1./s1. The number of halogens is 1. The number of hydrogen-bond donors (Lipinski definition) is 1. The summed E-state index contributed by atoms with van der Waals surface area (Å²) >= 11 is 0. The molecule has 3 aliphatic heterocycles. The molecule has 5 heterocycles. The molecule has 0 radical (unpaired) electrons. The Labute approximate surface area is 402 Å². The second-order valence-corrected chi connectivity index (χ2v) is 18.1. The van der Waals surface area contributed by atoms with Crippen LogP contribution in [-0.4, -0.2) is 129 Å². The highest BCUT2D eigenvalue weighted by atomic mass is 35.5. The van der Waals surface area contributed by atoms with Crippen molar-refractivity contribution in [3.63, 3.8) is 0 Å². The second kappa shape index (κ2) is 21.6. The predicted octanol–water partition coefficient (Wildman–Crippen LogP) is 6.45. The Hall–Kier alpha value is -6.55. The van der Waals surface area contributed by atoms with Gasteiger partial charge < -0.3 is 29.5 Å². The van der Waals surface area contributed by atoms with Crippen molar-refractivity contribution in [1.29, 1.82) is 0 Å². The number of rotatable bonds is 12. The van der Waals surface area contributed by atoms with Gasteiger partial charge in [0.2, 0.25) is 5.91 Å². The number of piperidine rings is 2. The first-order valence-electron chi connectivity index (χ1n) is 23.4. The number of carbonyl (C=O) groups is 4. The molecule has 0 spiro atoms. The summed E-state index contributed by atoms with van der Waals surface area (Å²) in [5.41, 5.74) is 4.44. The van der Waals surface area contributed by atoms with Crippen LogP contribution in [0.25, 0.3) is 21.8 Å². The Morgan fingerprint density at radius 1 is 0.706 bits per heavy atom. The lowest BCUT2D eigenvalue weighted by Crippen LogP contribution is -2.59. The normalized spacial score (nSPS) is 16.9. The van der Waals surface area contributed by atoms with Crippen molar-refractivity contribution in [3.8, 4) is 0 Å². The average Bonchev–Trinajstić information content (AvgIpc) is 3.79. The molecule has 6 aromatic rings. The van der Waals surface area contributed by atoms with Crippen LogP contribution in [0.15, 0.2) is 114 Å². The summed E-state index contributed by atoms with van der Waals surface area (Å²) in [6.45, 7) is 7.35.